The standard InChI is InChI=1S/C10H12ClN3O3/c1-4-6(15)12-7-8(11)14(5-2)10(17)13(3)9(7)16/h4H,1,5H2,2-3H3,(H,12,15). The monoisotopic (exact) mass is 257 g/mol. The number of rotatable bonds is 3. The van der Waals surface area contributed by atoms with Gasteiger partial charge in [0.2, 0.25) is 5.91 Å². The van der Waals surface area contributed by atoms with Crippen LogP contribution in [0.4, 0.5) is 5.69 Å². The normalized spacial score (nSPS) is 10.1. The fourth-order valence-corrected chi connectivity index (χ4v) is 1.62. The molecule has 0 aliphatic rings. The minimum atomic E-state index is -0.653. The molecule has 1 aromatic heterocycles. The van der Waals surface area contributed by atoms with Crippen LogP contribution in [-0.2, 0) is 18.4 Å². The summed E-state index contributed by atoms with van der Waals surface area (Å²) in [6.07, 6.45) is 1.01. The van der Waals surface area contributed by atoms with Crippen LogP contribution < -0.4 is 16.6 Å². The van der Waals surface area contributed by atoms with E-state index in [9.17, 15) is 14.4 Å². The zero-order chi connectivity index (χ0) is 13.2. The predicted molar refractivity (Wildman–Crippen MR) is 65.5 cm³/mol. The molecule has 17 heavy (non-hydrogen) atoms. The van der Waals surface area contributed by atoms with E-state index in [0.717, 1.165) is 10.6 Å². The van der Waals surface area contributed by atoms with Gasteiger partial charge in [-0.05, 0) is 13.0 Å². The summed E-state index contributed by atoms with van der Waals surface area (Å²) in [6, 6.07) is 0. The van der Waals surface area contributed by atoms with Gasteiger partial charge in [-0.2, -0.15) is 0 Å². The van der Waals surface area contributed by atoms with E-state index in [1.807, 2.05) is 0 Å². The summed E-state index contributed by atoms with van der Waals surface area (Å²) in [5.41, 5.74) is -1.31. The molecule has 0 atom stereocenters. The van der Waals surface area contributed by atoms with Gasteiger partial charge in [-0.1, -0.05) is 18.2 Å². The fourth-order valence-electron chi connectivity index (χ4n) is 1.30. The minimum Gasteiger partial charge on any atom is -0.315 e. The summed E-state index contributed by atoms with van der Waals surface area (Å²) >= 11 is 5.89. The summed E-state index contributed by atoms with van der Waals surface area (Å²) in [7, 11) is 1.32. The van der Waals surface area contributed by atoms with Crippen molar-refractivity contribution in [3.8, 4) is 0 Å². The molecule has 1 N–H and O–H groups in total. The van der Waals surface area contributed by atoms with Crippen molar-refractivity contribution in [1.82, 2.24) is 9.13 Å². The SMILES string of the molecule is C=CC(=O)Nc1c(Cl)n(CC)c(=O)n(C)c1=O. The van der Waals surface area contributed by atoms with Crippen LogP contribution in [0.1, 0.15) is 6.92 Å². The molecule has 6 nitrogen and oxygen atoms in total. The van der Waals surface area contributed by atoms with Crippen molar-refractivity contribution in [2.24, 2.45) is 7.05 Å². The highest BCUT2D eigenvalue weighted by Crippen LogP contribution is 2.14. The van der Waals surface area contributed by atoms with Gasteiger partial charge < -0.3 is 5.32 Å². The Bertz CT molecular complexity index is 586. The maximum absolute atomic E-state index is 11.7. The smallest absolute Gasteiger partial charge is 0.315 e. The molecular formula is C10H12ClN3O3. The van der Waals surface area contributed by atoms with Crippen molar-refractivity contribution in [3.05, 3.63) is 38.6 Å². The Morgan fingerprint density at radius 1 is 1.53 bits per heavy atom. The molecule has 0 saturated carbocycles. The molecule has 0 aliphatic heterocycles. The van der Waals surface area contributed by atoms with E-state index >= 15 is 0 Å². The first-order valence-corrected chi connectivity index (χ1v) is 5.24. The Kier molecular flexibility index (Phi) is 3.90. The summed E-state index contributed by atoms with van der Waals surface area (Å²) in [6.45, 7) is 5.27. The highest BCUT2D eigenvalue weighted by atomic mass is 35.5. The highest BCUT2D eigenvalue weighted by Gasteiger charge is 2.16. The maximum atomic E-state index is 11.7. The van der Waals surface area contributed by atoms with Crippen molar-refractivity contribution < 1.29 is 4.79 Å². The molecule has 1 amide bonds. The first-order chi connectivity index (χ1) is 7.93. The van der Waals surface area contributed by atoms with Gasteiger partial charge in [-0.15, -0.1) is 0 Å². The molecule has 0 spiro atoms. The Hall–Kier alpha value is -1.82. The van der Waals surface area contributed by atoms with Crippen molar-refractivity contribution in [2.75, 3.05) is 5.32 Å². The third kappa shape index (κ3) is 2.31. The topological polar surface area (TPSA) is 73.1 Å². The Morgan fingerprint density at radius 2 is 2.12 bits per heavy atom. The van der Waals surface area contributed by atoms with Gasteiger partial charge in [-0.25, -0.2) is 4.79 Å². The zero-order valence-electron chi connectivity index (χ0n) is 9.49. The lowest BCUT2D eigenvalue weighted by atomic mass is 10.4. The molecular weight excluding hydrogens is 246 g/mol. The van der Waals surface area contributed by atoms with Gasteiger partial charge in [0, 0.05) is 13.6 Å². The molecule has 92 valence electrons. The van der Waals surface area contributed by atoms with Crippen LogP contribution in [0.25, 0.3) is 0 Å². The molecule has 0 aliphatic carbocycles. The van der Waals surface area contributed by atoms with E-state index in [-0.39, 0.29) is 10.8 Å². The first kappa shape index (κ1) is 13.2. The molecule has 7 heteroatoms. The Balaban J connectivity index is 3.56. The van der Waals surface area contributed by atoms with Crippen molar-refractivity contribution in [3.63, 3.8) is 0 Å². The van der Waals surface area contributed by atoms with Crippen LogP contribution in [-0.4, -0.2) is 15.0 Å². The number of nitrogens with zero attached hydrogens (tertiary/aromatic N) is 2. The summed E-state index contributed by atoms with van der Waals surface area (Å²) in [5, 5.41) is 2.20. The van der Waals surface area contributed by atoms with Crippen LogP contribution in [0, 0.1) is 0 Å². The molecule has 1 rings (SSSR count). The number of hydrogen-bond donors (Lipinski definition) is 1. The van der Waals surface area contributed by atoms with E-state index in [2.05, 4.69) is 11.9 Å². The first-order valence-electron chi connectivity index (χ1n) is 4.86. The molecule has 0 bridgehead atoms. The van der Waals surface area contributed by atoms with Gasteiger partial charge in [0.05, 0.1) is 0 Å². The number of carbonyl (C=O) groups excluding carboxylic acids is 1. The van der Waals surface area contributed by atoms with Gasteiger partial charge in [0.15, 0.2) is 0 Å². The van der Waals surface area contributed by atoms with Crippen LogP contribution >= 0.6 is 11.6 Å². The van der Waals surface area contributed by atoms with E-state index in [1.54, 1.807) is 6.92 Å². The molecule has 1 heterocycles. The second-order valence-corrected chi connectivity index (χ2v) is 3.61. The van der Waals surface area contributed by atoms with E-state index in [1.165, 1.54) is 11.6 Å². The second-order valence-electron chi connectivity index (χ2n) is 3.25. The predicted octanol–water partition coefficient (Wildman–Crippen LogP) is 0.345. The third-order valence-electron chi connectivity index (χ3n) is 2.23. The molecule has 0 saturated heterocycles. The quantitative estimate of drug-likeness (QED) is 0.627. The van der Waals surface area contributed by atoms with Crippen molar-refractivity contribution in [1.29, 1.82) is 0 Å². The number of nitrogens with one attached hydrogen (secondary N) is 1. The lowest BCUT2D eigenvalue weighted by Crippen LogP contribution is -2.40. The Labute approximate surface area is 102 Å². The number of anilines is 1. The lowest BCUT2D eigenvalue weighted by molar-refractivity contribution is -0.111. The number of hydrogen-bond acceptors (Lipinski definition) is 3. The zero-order valence-corrected chi connectivity index (χ0v) is 10.2. The maximum Gasteiger partial charge on any atom is 0.331 e. The van der Waals surface area contributed by atoms with Crippen molar-refractivity contribution in [2.45, 2.75) is 13.5 Å². The molecule has 1 aromatic rings. The van der Waals surface area contributed by atoms with Crippen molar-refractivity contribution >= 4 is 23.2 Å². The van der Waals surface area contributed by atoms with Gasteiger partial charge in [0.25, 0.3) is 5.56 Å². The molecule has 0 aromatic carbocycles. The lowest BCUT2D eigenvalue weighted by Gasteiger charge is -2.12. The highest BCUT2D eigenvalue weighted by molar-refractivity contribution is 6.32. The largest absolute Gasteiger partial charge is 0.331 e. The summed E-state index contributed by atoms with van der Waals surface area (Å²) < 4.78 is 2.07. The van der Waals surface area contributed by atoms with Crippen LogP contribution in [0.2, 0.25) is 5.15 Å². The Morgan fingerprint density at radius 3 is 2.59 bits per heavy atom. The number of halogens is 1. The molecule has 0 unspecified atom stereocenters. The summed E-state index contributed by atoms with van der Waals surface area (Å²) in [4.78, 5) is 34.6. The van der Waals surface area contributed by atoms with E-state index < -0.39 is 17.2 Å². The van der Waals surface area contributed by atoms with Gasteiger partial charge >= 0.3 is 5.69 Å². The average molecular weight is 258 g/mol. The minimum absolute atomic E-state index is 0.0872. The molecule has 0 fully saturated rings. The van der Waals surface area contributed by atoms with E-state index in [0.29, 0.717) is 6.54 Å². The van der Waals surface area contributed by atoms with Crippen LogP contribution in [0.15, 0.2) is 22.2 Å². The third-order valence-corrected chi connectivity index (χ3v) is 2.62. The number of aromatic nitrogens is 2. The van der Waals surface area contributed by atoms with Gasteiger partial charge in [0.1, 0.15) is 10.8 Å². The second kappa shape index (κ2) is 5.01. The fraction of sp³-hybridized carbons (Fsp3) is 0.300. The average Bonchev–Trinajstić information content (AvgIpc) is 2.32. The molecule has 0 radical (unpaired) electrons. The van der Waals surface area contributed by atoms with Gasteiger partial charge in [-0.3, -0.25) is 18.7 Å². The summed E-state index contributed by atoms with van der Waals surface area (Å²) in [5.74, 6) is -0.565. The van der Waals surface area contributed by atoms with E-state index in [4.69, 9.17) is 11.6 Å². The number of carbonyl (C=O) groups is 1. The van der Waals surface area contributed by atoms with Crippen LogP contribution in [0.3, 0.4) is 0 Å². The number of amides is 1. The van der Waals surface area contributed by atoms with Crippen LogP contribution in [0.5, 0.6) is 0 Å².